The predicted octanol–water partition coefficient (Wildman–Crippen LogP) is 2.46. The standard InChI is InChI=1S/C15H21NO2/c17-15(18)13-8-4-5-9-14(13)16-11-10-12-6-2-1-3-7-12/h1-3,6-7,13-14,16H,4-5,8-11H2,(H,17,18)/t13?,14-/m0/s1. The number of rotatable bonds is 5. The number of benzene rings is 1. The summed E-state index contributed by atoms with van der Waals surface area (Å²) < 4.78 is 0. The summed E-state index contributed by atoms with van der Waals surface area (Å²) in [6, 6.07) is 10.5. The fourth-order valence-corrected chi connectivity index (χ4v) is 2.72. The van der Waals surface area contributed by atoms with E-state index < -0.39 is 5.97 Å². The van der Waals surface area contributed by atoms with Crippen molar-refractivity contribution in [3.8, 4) is 0 Å². The van der Waals surface area contributed by atoms with Gasteiger partial charge in [-0.05, 0) is 31.4 Å². The largest absolute Gasteiger partial charge is 0.481 e. The Bertz CT molecular complexity index is 377. The molecule has 0 aromatic heterocycles. The molecule has 0 bridgehead atoms. The third-order valence-corrected chi connectivity index (χ3v) is 3.75. The zero-order chi connectivity index (χ0) is 12.8. The summed E-state index contributed by atoms with van der Waals surface area (Å²) >= 11 is 0. The molecule has 3 nitrogen and oxygen atoms in total. The Labute approximate surface area is 108 Å². The van der Waals surface area contributed by atoms with Crippen molar-refractivity contribution in [3.63, 3.8) is 0 Å². The van der Waals surface area contributed by atoms with Gasteiger partial charge >= 0.3 is 5.97 Å². The Morgan fingerprint density at radius 2 is 1.94 bits per heavy atom. The summed E-state index contributed by atoms with van der Waals surface area (Å²) in [5.41, 5.74) is 1.30. The summed E-state index contributed by atoms with van der Waals surface area (Å²) in [5.74, 6) is -0.846. The lowest BCUT2D eigenvalue weighted by Crippen LogP contribution is -2.43. The Kier molecular flexibility index (Phi) is 4.76. The van der Waals surface area contributed by atoms with E-state index in [9.17, 15) is 9.90 Å². The zero-order valence-electron chi connectivity index (χ0n) is 10.6. The number of aliphatic carboxylic acids is 1. The Hall–Kier alpha value is -1.35. The van der Waals surface area contributed by atoms with Crippen LogP contribution >= 0.6 is 0 Å². The van der Waals surface area contributed by atoms with Gasteiger partial charge in [0.15, 0.2) is 0 Å². The lowest BCUT2D eigenvalue weighted by atomic mass is 9.84. The minimum atomic E-state index is -0.646. The second-order valence-electron chi connectivity index (χ2n) is 5.03. The van der Waals surface area contributed by atoms with Crippen LogP contribution < -0.4 is 5.32 Å². The van der Waals surface area contributed by atoms with Crippen molar-refractivity contribution in [3.05, 3.63) is 35.9 Å². The van der Waals surface area contributed by atoms with Gasteiger partial charge in [0.05, 0.1) is 5.92 Å². The molecule has 1 saturated carbocycles. The zero-order valence-corrected chi connectivity index (χ0v) is 10.6. The first-order valence-corrected chi connectivity index (χ1v) is 6.77. The van der Waals surface area contributed by atoms with E-state index in [1.807, 2.05) is 18.2 Å². The second kappa shape index (κ2) is 6.55. The van der Waals surface area contributed by atoms with E-state index in [0.717, 1.165) is 38.6 Å². The van der Waals surface area contributed by atoms with E-state index in [1.165, 1.54) is 5.56 Å². The molecule has 0 saturated heterocycles. The van der Waals surface area contributed by atoms with Gasteiger partial charge in [-0.2, -0.15) is 0 Å². The molecule has 1 aromatic rings. The molecule has 0 radical (unpaired) electrons. The van der Waals surface area contributed by atoms with Crippen LogP contribution in [0.25, 0.3) is 0 Å². The number of carboxylic acid groups (broad SMARTS) is 1. The number of nitrogens with one attached hydrogen (secondary N) is 1. The molecule has 1 unspecified atom stereocenters. The molecule has 0 amide bonds. The highest BCUT2D eigenvalue weighted by Gasteiger charge is 2.29. The van der Waals surface area contributed by atoms with E-state index in [-0.39, 0.29) is 12.0 Å². The predicted molar refractivity (Wildman–Crippen MR) is 71.5 cm³/mol. The molecular weight excluding hydrogens is 226 g/mol. The minimum Gasteiger partial charge on any atom is -0.481 e. The molecule has 0 heterocycles. The Morgan fingerprint density at radius 3 is 2.67 bits per heavy atom. The number of hydrogen-bond acceptors (Lipinski definition) is 2. The number of hydrogen-bond donors (Lipinski definition) is 2. The lowest BCUT2D eigenvalue weighted by Gasteiger charge is -2.29. The van der Waals surface area contributed by atoms with Gasteiger partial charge in [0.1, 0.15) is 0 Å². The summed E-state index contributed by atoms with van der Waals surface area (Å²) in [4.78, 5) is 11.2. The highest BCUT2D eigenvalue weighted by molar-refractivity contribution is 5.71. The van der Waals surface area contributed by atoms with Crippen molar-refractivity contribution >= 4 is 5.97 Å². The van der Waals surface area contributed by atoms with Crippen LogP contribution in [0.2, 0.25) is 0 Å². The van der Waals surface area contributed by atoms with Gasteiger partial charge in [-0.15, -0.1) is 0 Å². The molecule has 2 rings (SSSR count). The van der Waals surface area contributed by atoms with Crippen molar-refractivity contribution in [2.75, 3.05) is 6.54 Å². The van der Waals surface area contributed by atoms with Crippen LogP contribution in [0.4, 0.5) is 0 Å². The molecule has 1 aliphatic carbocycles. The van der Waals surface area contributed by atoms with Gasteiger partial charge in [0.2, 0.25) is 0 Å². The van der Waals surface area contributed by atoms with E-state index in [4.69, 9.17) is 0 Å². The van der Waals surface area contributed by atoms with Gasteiger partial charge in [-0.3, -0.25) is 4.79 Å². The topological polar surface area (TPSA) is 49.3 Å². The summed E-state index contributed by atoms with van der Waals surface area (Å²) in [6.45, 7) is 0.860. The molecular formula is C15H21NO2. The number of carbonyl (C=O) groups is 1. The first-order valence-electron chi connectivity index (χ1n) is 6.77. The van der Waals surface area contributed by atoms with Crippen molar-refractivity contribution in [2.45, 2.75) is 38.1 Å². The third-order valence-electron chi connectivity index (χ3n) is 3.75. The summed E-state index contributed by atoms with van der Waals surface area (Å²) in [5, 5.41) is 12.6. The highest BCUT2D eigenvalue weighted by Crippen LogP contribution is 2.24. The minimum absolute atomic E-state index is 0.153. The maximum atomic E-state index is 11.2. The van der Waals surface area contributed by atoms with Crippen LogP contribution in [0.1, 0.15) is 31.2 Å². The smallest absolute Gasteiger partial charge is 0.308 e. The van der Waals surface area contributed by atoms with Crippen molar-refractivity contribution in [1.82, 2.24) is 5.32 Å². The second-order valence-corrected chi connectivity index (χ2v) is 5.03. The third kappa shape index (κ3) is 3.57. The van der Waals surface area contributed by atoms with Crippen molar-refractivity contribution < 1.29 is 9.90 Å². The molecule has 2 N–H and O–H groups in total. The average molecular weight is 247 g/mol. The molecule has 1 aliphatic rings. The van der Waals surface area contributed by atoms with Crippen LogP contribution in [0, 0.1) is 5.92 Å². The molecule has 2 atom stereocenters. The normalized spacial score (nSPS) is 23.8. The molecule has 18 heavy (non-hydrogen) atoms. The SMILES string of the molecule is O=C(O)C1CCCC[C@@H]1NCCc1ccccc1. The van der Waals surface area contributed by atoms with Crippen molar-refractivity contribution in [2.24, 2.45) is 5.92 Å². The highest BCUT2D eigenvalue weighted by atomic mass is 16.4. The summed E-state index contributed by atoms with van der Waals surface area (Å²) in [6.07, 6.45) is 4.97. The molecule has 1 aromatic carbocycles. The van der Waals surface area contributed by atoms with Gasteiger partial charge in [0.25, 0.3) is 0 Å². The maximum Gasteiger partial charge on any atom is 0.308 e. The van der Waals surface area contributed by atoms with Crippen LogP contribution in [0.3, 0.4) is 0 Å². The van der Waals surface area contributed by atoms with E-state index in [2.05, 4.69) is 17.4 Å². The van der Waals surface area contributed by atoms with Crippen molar-refractivity contribution in [1.29, 1.82) is 0 Å². The van der Waals surface area contributed by atoms with Gasteiger partial charge < -0.3 is 10.4 Å². The fraction of sp³-hybridized carbons (Fsp3) is 0.533. The monoisotopic (exact) mass is 247 g/mol. The van der Waals surface area contributed by atoms with E-state index in [0.29, 0.717) is 0 Å². The molecule has 0 aliphatic heterocycles. The van der Waals surface area contributed by atoms with E-state index in [1.54, 1.807) is 0 Å². The number of carboxylic acids is 1. The first kappa shape index (κ1) is 13.1. The molecule has 0 spiro atoms. The Balaban J connectivity index is 1.79. The van der Waals surface area contributed by atoms with Crippen LogP contribution in [0.5, 0.6) is 0 Å². The first-order chi connectivity index (χ1) is 8.77. The Morgan fingerprint density at radius 1 is 1.22 bits per heavy atom. The maximum absolute atomic E-state index is 11.2. The lowest BCUT2D eigenvalue weighted by molar-refractivity contribution is -0.143. The quantitative estimate of drug-likeness (QED) is 0.840. The fourth-order valence-electron chi connectivity index (χ4n) is 2.72. The van der Waals surface area contributed by atoms with Gasteiger partial charge in [0, 0.05) is 6.04 Å². The summed E-state index contributed by atoms with van der Waals surface area (Å²) in [7, 11) is 0. The van der Waals surface area contributed by atoms with Crippen LogP contribution in [0.15, 0.2) is 30.3 Å². The van der Waals surface area contributed by atoms with Crippen LogP contribution in [-0.4, -0.2) is 23.7 Å². The van der Waals surface area contributed by atoms with Gasteiger partial charge in [-0.1, -0.05) is 43.2 Å². The molecule has 3 heteroatoms. The van der Waals surface area contributed by atoms with Gasteiger partial charge in [-0.25, -0.2) is 0 Å². The van der Waals surface area contributed by atoms with E-state index >= 15 is 0 Å². The van der Waals surface area contributed by atoms with Crippen LogP contribution in [-0.2, 0) is 11.2 Å². The molecule has 1 fully saturated rings. The molecule has 98 valence electrons. The average Bonchev–Trinajstić information content (AvgIpc) is 2.40.